The molecule has 0 aliphatic rings. The largest absolute Gasteiger partial charge is 0.313 e. The van der Waals surface area contributed by atoms with Gasteiger partial charge in [0.2, 0.25) is 0 Å². The van der Waals surface area contributed by atoms with Crippen LogP contribution in [0.2, 0.25) is 5.02 Å². The van der Waals surface area contributed by atoms with E-state index in [4.69, 9.17) is 11.6 Å². The van der Waals surface area contributed by atoms with Gasteiger partial charge in [0.25, 0.3) is 5.56 Å². The average molecular weight is 434 g/mol. The van der Waals surface area contributed by atoms with Gasteiger partial charge < -0.3 is 4.57 Å². The molecule has 0 aliphatic carbocycles. The topological polar surface area (TPSA) is 74.0 Å². The van der Waals surface area contributed by atoms with Crippen LogP contribution in [0.3, 0.4) is 0 Å². The molecule has 0 fully saturated rings. The first kappa shape index (κ1) is 21.3. The monoisotopic (exact) mass is 433 g/mol. The van der Waals surface area contributed by atoms with Gasteiger partial charge in [-0.3, -0.25) is 4.79 Å². The van der Waals surface area contributed by atoms with Crippen LogP contribution < -0.4 is 5.56 Å². The van der Waals surface area contributed by atoms with E-state index in [0.29, 0.717) is 17.1 Å². The molecule has 0 aliphatic heterocycles. The Labute approximate surface area is 175 Å². The number of nitrogens with zero attached hydrogens (tertiary/aromatic N) is 3. The van der Waals surface area contributed by atoms with Crippen molar-refractivity contribution in [1.29, 1.82) is 0 Å². The van der Waals surface area contributed by atoms with Crippen molar-refractivity contribution in [1.82, 2.24) is 14.3 Å². The summed E-state index contributed by atoms with van der Waals surface area (Å²) in [6, 6.07) is 8.02. The summed E-state index contributed by atoms with van der Waals surface area (Å²) >= 11 is 6.40. The SMILES string of the molecule is CCCn1cc(-n2cc(-c3ccc(S(=O)(=O)CC(C)C)cc3Cl)cn2)ccc1=O. The third kappa shape index (κ3) is 4.79. The zero-order valence-electron chi connectivity index (χ0n) is 16.7. The molecule has 0 spiro atoms. The van der Waals surface area contributed by atoms with Gasteiger partial charge in [-0.1, -0.05) is 38.4 Å². The molecule has 154 valence electrons. The minimum atomic E-state index is -3.37. The van der Waals surface area contributed by atoms with E-state index in [1.807, 2.05) is 20.8 Å². The number of halogens is 1. The molecule has 6 nitrogen and oxygen atoms in total. The average Bonchev–Trinajstić information content (AvgIpc) is 3.12. The highest BCUT2D eigenvalue weighted by molar-refractivity contribution is 7.91. The molecule has 3 aromatic rings. The second kappa shape index (κ2) is 8.55. The lowest BCUT2D eigenvalue weighted by Crippen LogP contribution is -2.19. The summed E-state index contributed by atoms with van der Waals surface area (Å²) < 4.78 is 28.2. The number of benzene rings is 1. The van der Waals surface area contributed by atoms with Crippen molar-refractivity contribution in [2.75, 3.05) is 5.75 Å². The molecule has 8 heteroatoms. The molecule has 0 bridgehead atoms. The lowest BCUT2D eigenvalue weighted by atomic mass is 10.1. The Morgan fingerprint density at radius 1 is 1.14 bits per heavy atom. The third-order valence-electron chi connectivity index (χ3n) is 4.44. The fraction of sp³-hybridized carbons (Fsp3) is 0.333. The summed E-state index contributed by atoms with van der Waals surface area (Å²) in [5, 5.41) is 4.72. The van der Waals surface area contributed by atoms with Crippen LogP contribution in [0.4, 0.5) is 0 Å². The summed E-state index contributed by atoms with van der Waals surface area (Å²) in [4.78, 5) is 12.1. The Morgan fingerprint density at radius 3 is 2.55 bits per heavy atom. The minimum absolute atomic E-state index is 0.0349. The fourth-order valence-electron chi connectivity index (χ4n) is 3.13. The Kier molecular flexibility index (Phi) is 6.29. The van der Waals surface area contributed by atoms with Crippen LogP contribution in [0.5, 0.6) is 0 Å². The summed E-state index contributed by atoms with van der Waals surface area (Å²) in [6.45, 7) is 6.38. The highest BCUT2D eigenvalue weighted by Gasteiger charge is 2.18. The lowest BCUT2D eigenvalue weighted by molar-refractivity contribution is 0.582. The van der Waals surface area contributed by atoms with Gasteiger partial charge in [-0.2, -0.15) is 5.10 Å². The van der Waals surface area contributed by atoms with E-state index >= 15 is 0 Å². The molecule has 1 aromatic carbocycles. The van der Waals surface area contributed by atoms with Gasteiger partial charge in [-0.25, -0.2) is 13.1 Å². The van der Waals surface area contributed by atoms with Crippen molar-refractivity contribution in [3.8, 4) is 16.8 Å². The van der Waals surface area contributed by atoms with Crippen molar-refractivity contribution in [2.24, 2.45) is 5.92 Å². The molecule has 0 atom stereocenters. The van der Waals surface area contributed by atoms with Crippen LogP contribution in [0.25, 0.3) is 16.8 Å². The number of sulfone groups is 1. The number of pyridine rings is 1. The van der Waals surface area contributed by atoms with Crippen molar-refractivity contribution < 1.29 is 8.42 Å². The number of rotatable bonds is 7. The maximum atomic E-state index is 12.4. The van der Waals surface area contributed by atoms with Gasteiger partial charge >= 0.3 is 0 Å². The van der Waals surface area contributed by atoms with Crippen molar-refractivity contribution in [2.45, 2.75) is 38.6 Å². The van der Waals surface area contributed by atoms with Crippen LogP contribution in [-0.4, -0.2) is 28.5 Å². The Bertz CT molecular complexity index is 1180. The molecule has 0 radical (unpaired) electrons. The molecule has 29 heavy (non-hydrogen) atoms. The standard InChI is InChI=1S/C21H24ClN3O3S/c1-4-9-24-13-17(5-8-21(24)26)25-12-16(11-23-25)19-7-6-18(10-20(19)22)29(27,28)14-15(2)3/h5-8,10-13,15H,4,9,14H2,1-3H3. The zero-order chi connectivity index (χ0) is 21.2. The van der Waals surface area contributed by atoms with E-state index in [2.05, 4.69) is 5.10 Å². The summed E-state index contributed by atoms with van der Waals surface area (Å²) in [5.41, 5.74) is 2.17. The zero-order valence-corrected chi connectivity index (χ0v) is 18.2. The van der Waals surface area contributed by atoms with Gasteiger partial charge in [0.05, 0.1) is 22.5 Å². The molecule has 2 aromatic heterocycles. The van der Waals surface area contributed by atoms with Crippen LogP contribution in [-0.2, 0) is 16.4 Å². The first-order valence-corrected chi connectivity index (χ1v) is 11.5. The predicted octanol–water partition coefficient (Wildman–Crippen LogP) is 4.19. The quantitative estimate of drug-likeness (QED) is 0.559. The highest BCUT2D eigenvalue weighted by Crippen LogP contribution is 2.31. The summed E-state index contributed by atoms with van der Waals surface area (Å²) in [7, 11) is -3.37. The normalized spacial score (nSPS) is 11.9. The predicted molar refractivity (Wildman–Crippen MR) is 115 cm³/mol. The second-order valence-electron chi connectivity index (χ2n) is 7.41. The van der Waals surface area contributed by atoms with Gasteiger partial charge in [0.15, 0.2) is 9.84 Å². The van der Waals surface area contributed by atoms with E-state index in [-0.39, 0.29) is 22.1 Å². The maximum absolute atomic E-state index is 12.4. The highest BCUT2D eigenvalue weighted by atomic mass is 35.5. The van der Waals surface area contributed by atoms with E-state index < -0.39 is 9.84 Å². The molecular formula is C21H24ClN3O3S. The van der Waals surface area contributed by atoms with E-state index in [9.17, 15) is 13.2 Å². The molecule has 2 heterocycles. The minimum Gasteiger partial charge on any atom is -0.313 e. The lowest BCUT2D eigenvalue weighted by Gasteiger charge is -2.09. The summed E-state index contributed by atoms with van der Waals surface area (Å²) in [6.07, 6.45) is 6.10. The molecule has 0 unspecified atom stereocenters. The number of hydrogen-bond acceptors (Lipinski definition) is 4. The van der Waals surface area contributed by atoms with Crippen LogP contribution in [0.1, 0.15) is 27.2 Å². The Hall–Kier alpha value is -2.38. The van der Waals surface area contributed by atoms with Crippen LogP contribution >= 0.6 is 11.6 Å². The van der Waals surface area contributed by atoms with E-state index in [0.717, 1.165) is 17.7 Å². The molecule has 3 rings (SSSR count). The van der Waals surface area contributed by atoms with Gasteiger partial charge in [0.1, 0.15) is 0 Å². The van der Waals surface area contributed by atoms with Crippen LogP contribution in [0.15, 0.2) is 58.6 Å². The second-order valence-corrected chi connectivity index (χ2v) is 9.85. The van der Waals surface area contributed by atoms with Crippen molar-refractivity contribution in [3.05, 3.63) is 64.3 Å². The van der Waals surface area contributed by atoms with E-state index in [1.165, 1.54) is 12.1 Å². The maximum Gasteiger partial charge on any atom is 0.250 e. The van der Waals surface area contributed by atoms with Gasteiger partial charge in [0, 0.05) is 41.2 Å². The molecular weight excluding hydrogens is 410 g/mol. The molecule has 0 amide bonds. The van der Waals surface area contributed by atoms with Crippen molar-refractivity contribution in [3.63, 3.8) is 0 Å². The molecule has 0 saturated carbocycles. The van der Waals surface area contributed by atoms with Crippen molar-refractivity contribution >= 4 is 21.4 Å². The summed E-state index contributed by atoms with van der Waals surface area (Å²) in [5.74, 6) is 0.112. The molecule has 0 saturated heterocycles. The first-order valence-electron chi connectivity index (χ1n) is 9.49. The smallest absolute Gasteiger partial charge is 0.250 e. The van der Waals surface area contributed by atoms with Gasteiger partial charge in [-0.05, 0) is 30.5 Å². The Morgan fingerprint density at radius 2 is 1.90 bits per heavy atom. The number of aryl methyl sites for hydroxylation is 1. The molecule has 0 N–H and O–H groups in total. The Balaban J connectivity index is 1.93. The van der Waals surface area contributed by atoms with Crippen LogP contribution in [0, 0.1) is 5.92 Å². The fourth-order valence-corrected chi connectivity index (χ4v) is 5.13. The number of hydrogen-bond donors (Lipinski definition) is 0. The van der Waals surface area contributed by atoms with E-state index in [1.54, 1.807) is 46.0 Å². The number of aromatic nitrogens is 3. The van der Waals surface area contributed by atoms with Gasteiger partial charge in [-0.15, -0.1) is 0 Å². The third-order valence-corrected chi connectivity index (χ3v) is 6.83. The first-order chi connectivity index (χ1) is 13.7.